The molecule has 1 aliphatic heterocycles. The van der Waals surface area contributed by atoms with Gasteiger partial charge in [-0.1, -0.05) is 37.3 Å². The number of ether oxygens (including phenoxy) is 1. The molecule has 0 bridgehead atoms. The van der Waals surface area contributed by atoms with Crippen LogP contribution in [-0.2, 0) is 16.6 Å². The van der Waals surface area contributed by atoms with Crippen LogP contribution < -0.4 is 20.5 Å². The van der Waals surface area contributed by atoms with Gasteiger partial charge in [0.15, 0.2) is 0 Å². The number of benzene rings is 3. The minimum Gasteiger partial charge on any atom is -0.488 e. The largest absolute Gasteiger partial charge is 0.488 e. The molecule has 5 N–H and O–H groups in total. The Labute approximate surface area is 279 Å². The minimum absolute atomic E-state index is 0.1000. The normalized spacial score (nSPS) is 17.3. The van der Waals surface area contributed by atoms with Crippen molar-refractivity contribution in [2.45, 2.75) is 36.7 Å². The van der Waals surface area contributed by atoms with Crippen molar-refractivity contribution in [1.82, 2.24) is 9.80 Å². The average Bonchev–Trinajstić information content (AvgIpc) is 3.61. The highest BCUT2D eigenvalue weighted by atomic mass is 32.2. The number of amides is 2. The van der Waals surface area contributed by atoms with E-state index in [1.807, 2.05) is 26.1 Å². The Morgan fingerprint density at radius 1 is 1.13 bits per heavy atom. The number of thiophene rings is 1. The maximum atomic E-state index is 13.8. The van der Waals surface area contributed by atoms with Crippen LogP contribution in [0.4, 0.5) is 17.1 Å². The second-order valence-electron chi connectivity index (χ2n) is 11.8. The van der Waals surface area contributed by atoms with Crippen LogP contribution in [0.2, 0.25) is 0 Å². The second kappa shape index (κ2) is 14.6. The van der Waals surface area contributed by atoms with E-state index < -0.39 is 16.1 Å². The number of carbonyl (C=O) groups is 2. The van der Waals surface area contributed by atoms with E-state index in [1.54, 1.807) is 71.8 Å². The standard InChI is InChI=1S/C34H39N5O6S2/c1-22-18-39(23(2)21-40)34(42)27-17-26(37-47(43,44)32-9-6-16-46-32)14-15-30(27)45-31(22)20-38(3)19-24-10-12-25(13-11-24)33(41)36-29-8-5-4-7-28(29)35/h4-17,22-23,31,37,40H,18-21,35H2,1-3H3,(H,36,41)/t22-,23-,31+/m0/s1. The zero-order valence-electron chi connectivity index (χ0n) is 26.4. The van der Waals surface area contributed by atoms with Gasteiger partial charge < -0.3 is 25.8 Å². The van der Waals surface area contributed by atoms with Gasteiger partial charge in [-0.05, 0) is 73.4 Å². The molecule has 1 aliphatic rings. The first-order chi connectivity index (χ1) is 22.4. The summed E-state index contributed by atoms with van der Waals surface area (Å²) >= 11 is 1.10. The third-order valence-corrected chi connectivity index (χ3v) is 10.8. The highest BCUT2D eigenvalue weighted by molar-refractivity contribution is 7.94. The van der Waals surface area contributed by atoms with E-state index in [1.165, 1.54) is 12.1 Å². The zero-order chi connectivity index (χ0) is 33.7. The van der Waals surface area contributed by atoms with Crippen LogP contribution in [0.3, 0.4) is 0 Å². The van der Waals surface area contributed by atoms with Crippen LogP contribution in [0, 0.1) is 5.92 Å². The molecule has 0 saturated carbocycles. The maximum Gasteiger partial charge on any atom is 0.271 e. The molecule has 5 rings (SSSR count). The van der Waals surface area contributed by atoms with E-state index in [0.717, 1.165) is 16.9 Å². The minimum atomic E-state index is -3.82. The molecule has 0 saturated heterocycles. The van der Waals surface area contributed by atoms with Crippen LogP contribution in [-0.4, -0.2) is 74.0 Å². The topological polar surface area (TPSA) is 154 Å². The smallest absolute Gasteiger partial charge is 0.271 e. The highest BCUT2D eigenvalue weighted by Crippen LogP contribution is 2.32. The van der Waals surface area contributed by atoms with Crippen molar-refractivity contribution >= 4 is 50.2 Å². The van der Waals surface area contributed by atoms with E-state index in [2.05, 4.69) is 14.9 Å². The Kier molecular flexibility index (Phi) is 10.5. The van der Waals surface area contributed by atoms with Gasteiger partial charge in [0.2, 0.25) is 0 Å². The Bertz CT molecular complexity index is 1810. The van der Waals surface area contributed by atoms with Crippen molar-refractivity contribution in [2.75, 3.05) is 42.5 Å². The summed E-state index contributed by atoms with van der Waals surface area (Å²) < 4.78 is 34.9. The monoisotopic (exact) mass is 677 g/mol. The van der Waals surface area contributed by atoms with E-state index in [0.29, 0.717) is 42.3 Å². The number of nitrogens with two attached hydrogens (primary N) is 1. The first kappa shape index (κ1) is 33.9. The van der Waals surface area contributed by atoms with Crippen LogP contribution >= 0.6 is 11.3 Å². The Morgan fingerprint density at radius 2 is 1.87 bits per heavy atom. The number of hydrogen-bond acceptors (Lipinski definition) is 9. The molecule has 248 valence electrons. The summed E-state index contributed by atoms with van der Waals surface area (Å²) in [5.41, 5.74) is 8.95. The van der Waals surface area contributed by atoms with Gasteiger partial charge in [0.05, 0.1) is 29.6 Å². The number of nitrogens with zero attached hydrogens (tertiary/aromatic N) is 2. The molecular formula is C34H39N5O6S2. The van der Waals surface area contributed by atoms with Gasteiger partial charge in [0.25, 0.3) is 21.8 Å². The molecule has 0 unspecified atom stereocenters. The van der Waals surface area contributed by atoms with Crippen molar-refractivity contribution < 1.29 is 27.9 Å². The predicted molar refractivity (Wildman–Crippen MR) is 184 cm³/mol. The summed E-state index contributed by atoms with van der Waals surface area (Å²) in [4.78, 5) is 30.2. The van der Waals surface area contributed by atoms with Crippen LogP contribution in [0.1, 0.15) is 40.1 Å². The van der Waals surface area contributed by atoms with Gasteiger partial charge in [-0.2, -0.15) is 0 Å². The number of aliphatic hydroxyl groups is 1. The SMILES string of the molecule is C[C@H]1CN([C@@H](C)CO)C(=O)c2cc(NS(=O)(=O)c3cccs3)ccc2O[C@@H]1CN(C)Cc1ccc(C(=O)Nc2ccccc2N)cc1. The number of para-hydroxylation sites is 2. The Hall–Kier alpha value is -4.43. The molecule has 2 heterocycles. The Morgan fingerprint density at radius 3 is 2.55 bits per heavy atom. The fourth-order valence-electron chi connectivity index (χ4n) is 5.38. The first-order valence-electron chi connectivity index (χ1n) is 15.2. The molecule has 0 radical (unpaired) electrons. The van der Waals surface area contributed by atoms with E-state index in [-0.39, 0.29) is 45.9 Å². The van der Waals surface area contributed by atoms with Gasteiger partial charge in [-0.15, -0.1) is 11.3 Å². The number of rotatable bonds is 11. The van der Waals surface area contributed by atoms with Crippen LogP contribution in [0.5, 0.6) is 5.75 Å². The molecule has 0 fully saturated rings. The summed E-state index contributed by atoms with van der Waals surface area (Å²) in [7, 11) is -1.86. The van der Waals surface area contributed by atoms with Crippen LogP contribution in [0.15, 0.2) is 88.5 Å². The molecule has 3 aromatic carbocycles. The van der Waals surface area contributed by atoms with Gasteiger partial charge in [0.1, 0.15) is 16.1 Å². The maximum absolute atomic E-state index is 13.8. The van der Waals surface area contributed by atoms with E-state index in [9.17, 15) is 23.1 Å². The van der Waals surface area contributed by atoms with Crippen LogP contribution in [0.25, 0.3) is 0 Å². The number of hydrogen-bond donors (Lipinski definition) is 4. The quantitative estimate of drug-likeness (QED) is 0.166. The summed E-state index contributed by atoms with van der Waals surface area (Å²) in [5, 5.41) is 14.5. The molecule has 1 aromatic heterocycles. The molecule has 13 heteroatoms. The lowest BCUT2D eigenvalue weighted by atomic mass is 9.99. The number of fused-ring (bicyclic) bond motifs is 1. The van der Waals surface area contributed by atoms with Crippen molar-refractivity contribution in [1.29, 1.82) is 0 Å². The fraction of sp³-hybridized carbons (Fsp3) is 0.294. The summed E-state index contributed by atoms with van der Waals surface area (Å²) in [6.07, 6.45) is -0.338. The highest BCUT2D eigenvalue weighted by Gasteiger charge is 2.34. The number of nitrogens with one attached hydrogen (secondary N) is 2. The first-order valence-corrected chi connectivity index (χ1v) is 17.5. The number of aliphatic hydroxyl groups excluding tert-OH is 1. The third kappa shape index (κ3) is 8.11. The van der Waals surface area contributed by atoms with Crippen molar-refractivity contribution in [2.24, 2.45) is 5.92 Å². The summed E-state index contributed by atoms with van der Waals surface area (Å²) in [5.74, 6) is -0.367. The number of carbonyl (C=O) groups excluding carboxylic acids is 2. The molecule has 47 heavy (non-hydrogen) atoms. The van der Waals surface area contributed by atoms with Crippen molar-refractivity contribution in [3.63, 3.8) is 0 Å². The van der Waals surface area contributed by atoms with Gasteiger partial charge in [0, 0.05) is 36.8 Å². The lowest BCUT2D eigenvalue weighted by Gasteiger charge is -2.38. The van der Waals surface area contributed by atoms with Gasteiger partial charge in [-0.25, -0.2) is 8.42 Å². The predicted octanol–water partition coefficient (Wildman–Crippen LogP) is 4.74. The molecular weight excluding hydrogens is 639 g/mol. The van der Waals surface area contributed by atoms with E-state index in [4.69, 9.17) is 10.5 Å². The molecule has 4 aromatic rings. The van der Waals surface area contributed by atoms with Gasteiger partial charge in [-0.3, -0.25) is 19.2 Å². The molecule has 11 nitrogen and oxygen atoms in total. The van der Waals surface area contributed by atoms with E-state index >= 15 is 0 Å². The molecule has 0 spiro atoms. The number of nitrogen functional groups attached to an aromatic ring is 1. The summed E-state index contributed by atoms with van der Waals surface area (Å²) in [6, 6.07) is 21.8. The zero-order valence-corrected chi connectivity index (χ0v) is 28.1. The lowest BCUT2D eigenvalue weighted by molar-refractivity contribution is 0.0341. The van der Waals surface area contributed by atoms with Gasteiger partial charge >= 0.3 is 0 Å². The van der Waals surface area contributed by atoms with Crippen molar-refractivity contribution in [3.8, 4) is 5.75 Å². The number of sulfonamides is 1. The third-order valence-electron chi connectivity index (χ3n) is 8.05. The second-order valence-corrected chi connectivity index (χ2v) is 14.7. The fourth-order valence-corrected chi connectivity index (χ4v) is 7.42. The molecule has 0 aliphatic carbocycles. The molecule has 3 atom stereocenters. The number of anilines is 3. The summed E-state index contributed by atoms with van der Waals surface area (Å²) in [6.45, 7) is 4.97. The Balaban J connectivity index is 1.31. The van der Waals surface area contributed by atoms with Crippen molar-refractivity contribution in [3.05, 3.63) is 101 Å². The average molecular weight is 678 g/mol. The molecule has 2 amide bonds. The number of likely N-dealkylation sites (N-methyl/N-ethyl adjacent to an activating group) is 1. The lowest BCUT2D eigenvalue weighted by Crippen LogP contribution is -2.49.